The molecular formula is C10H21NOS. The zero-order valence-electron chi connectivity index (χ0n) is 8.71. The van der Waals surface area contributed by atoms with Crippen LogP contribution in [0.15, 0.2) is 0 Å². The first kappa shape index (κ1) is 11.2. The van der Waals surface area contributed by atoms with Crippen molar-refractivity contribution in [2.24, 2.45) is 5.92 Å². The smallest absolute Gasteiger partial charge is 0.0357 e. The maximum atomic E-state index is 10.8. The lowest BCUT2D eigenvalue weighted by atomic mass is 10.1. The molecule has 1 saturated carbocycles. The first-order valence-corrected chi connectivity index (χ1v) is 6.98. The van der Waals surface area contributed by atoms with E-state index in [1.54, 1.807) is 6.26 Å². The molecule has 0 aromatic heterocycles. The highest BCUT2D eigenvalue weighted by Crippen LogP contribution is 2.27. The lowest BCUT2D eigenvalue weighted by molar-refractivity contribution is 0.486. The lowest BCUT2D eigenvalue weighted by Crippen LogP contribution is -2.30. The van der Waals surface area contributed by atoms with Gasteiger partial charge in [0.05, 0.1) is 0 Å². The minimum absolute atomic E-state index is 0.639. The molecule has 1 N–H and O–H groups in total. The zero-order chi connectivity index (χ0) is 9.68. The number of hydrogen-bond acceptors (Lipinski definition) is 2. The summed E-state index contributed by atoms with van der Waals surface area (Å²) < 4.78 is 10.8. The van der Waals surface area contributed by atoms with E-state index in [1.807, 2.05) is 0 Å². The van der Waals surface area contributed by atoms with Crippen molar-refractivity contribution in [2.75, 3.05) is 18.6 Å². The van der Waals surface area contributed by atoms with E-state index in [0.29, 0.717) is 6.04 Å². The second-order valence-corrected chi connectivity index (χ2v) is 5.57. The van der Waals surface area contributed by atoms with E-state index >= 15 is 0 Å². The molecule has 1 fully saturated rings. The van der Waals surface area contributed by atoms with Crippen molar-refractivity contribution in [3.63, 3.8) is 0 Å². The van der Waals surface area contributed by atoms with Crippen LogP contribution in [-0.4, -0.2) is 28.8 Å². The van der Waals surface area contributed by atoms with E-state index in [-0.39, 0.29) is 0 Å². The summed E-state index contributed by atoms with van der Waals surface area (Å²) in [5, 5.41) is 3.48. The standard InChI is InChI=1S/C10H21NOS/c1-3-9-4-5-10(8-9)11-6-7-13(2)12/h9-11H,3-8H2,1-2H3. The van der Waals surface area contributed by atoms with Gasteiger partial charge in [0, 0.05) is 35.4 Å². The third-order valence-electron chi connectivity index (χ3n) is 2.94. The molecule has 0 saturated heterocycles. The summed E-state index contributed by atoms with van der Waals surface area (Å²) in [7, 11) is -0.639. The van der Waals surface area contributed by atoms with Gasteiger partial charge in [0.2, 0.25) is 0 Å². The summed E-state index contributed by atoms with van der Waals surface area (Å²) in [5.41, 5.74) is 0. The molecule has 0 radical (unpaired) electrons. The summed E-state index contributed by atoms with van der Waals surface area (Å²) in [5.74, 6) is 1.73. The number of rotatable bonds is 5. The Bertz CT molecular complexity index is 172. The largest absolute Gasteiger partial charge is 0.313 e. The number of nitrogens with one attached hydrogen (secondary N) is 1. The second-order valence-electron chi connectivity index (χ2n) is 4.02. The minimum Gasteiger partial charge on any atom is -0.313 e. The molecule has 0 aliphatic heterocycles. The van der Waals surface area contributed by atoms with Crippen LogP contribution in [0.1, 0.15) is 32.6 Å². The normalized spacial score (nSPS) is 30.6. The van der Waals surface area contributed by atoms with Gasteiger partial charge in [-0.15, -0.1) is 0 Å². The molecule has 0 bridgehead atoms. The van der Waals surface area contributed by atoms with Gasteiger partial charge in [0.15, 0.2) is 0 Å². The Morgan fingerprint density at radius 2 is 2.23 bits per heavy atom. The Kier molecular flexibility index (Phi) is 4.96. The maximum Gasteiger partial charge on any atom is 0.0357 e. The predicted molar refractivity (Wildman–Crippen MR) is 58.4 cm³/mol. The molecule has 3 atom stereocenters. The molecule has 0 spiro atoms. The molecule has 1 aliphatic carbocycles. The van der Waals surface area contributed by atoms with E-state index in [9.17, 15) is 4.21 Å². The molecular weight excluding hydrogens is 182 g/mol. The van der Waals surface area contributed by atoms with Crippen LogP contribution in [0.3, 0.4) is 0 Å². The Morgan fingerprint density at radius 3 is 2.77 bits per heavy atom. The summed E-state index contributed by atoms with van der Waals surface area (Å²) >= 11 is 0. The molecule has 78 valence electrons. The Labute approximate surface area is 83.9 Å². The summed E-state index contributed by atoms with van der Waals surface area (Å²) in [6.07, 6.45) is 7.11. The van der Waals surface area contributed by atoms with Gasteiger partial charge in [-0.05, 0) is 25.2 Å². The van der Waals surface area contributed by atoms with Crippen molar-refractivity contribution < 1.29 is 4.21 Å². The fraction of sp³-hybridized carbons (Fsp3) is 1.00. The minimum atomic E-state index is -0.639. The monoisotopic (exact) mass is 203 g/mol. The van der Waals surface area contributed by atoms with Crippen molar-refractivity contribution in [3.05, 3.63) is 0 Å². The quantitative estimate of drug-likeness (QED) is 0.734. The molecule has 0 aromatic rings. The summed E-state index contributed by atoms with van der Waals surface area (Å²) in [4.78, 5) is 0. The van der Waals surface area contributed by atoms with Crippen LogP contribution in [0.2, 0.25) is 0 Å². The van der Waals surface area contributed by atoms with Crippen molar-refractivity contribution in [1.29, 1.82) is 0 Å². The van der Waals surface area contributed by atoms with E-state index < -0.39 is 10.8 Å². The zero-order valence-corrected chi connectivity index (χ0v) is 9.53. The maximum absolute atomic E-state index is 10.8. The predicted octanol–water partition coefficient (Wildman–Crippen LogP) is 1.53. The van der Waals surface area contributed by atoms with Gasteiger partial charge < -0.3 is 5.32 Å². The van der Waals surface area contributed by atoms with Crippen LogP contribution in [0, 0.1) is 5.92 Å². The average molecular weight is 203 g/mol. The third kappa shape index (κ3) is 4.23. The molecule has 0 heterocycles. The van der Waals surface area contributed by atoms with Gasteiger partial charge in [-0.1, -0.05) is 13.3 Å². The van der Waals surface area contributed by atoms with Gasteiger partial charge in [-0.3, -0.25) is 4.21 Å². The van der Waals surface area contributed by atoms with Crippen LogP contribution in [-0.2, 0) is 10.8 Å². The van der Waals surface area contributed by atoms with E-state index in [2.05, 4.69) is 12.2 Å². The third-order valence-corrected chi connectivity index (χ3v) is 3.72. The van der Waals surface area contributed by atoms with Crippen LogP contribution in [0.25, 0.3) is 0 Å². The molecule has 1 rings (SSSR count). The molecule has 3 unspecified atom stereocenters. The van der Waals surface area contributed by atoms with Crippen molar-refractivity contribution in [2.45, 2.75) is 38.6 Å². The van der Waals surface area contributed by atoms with Gasteiger partial charge >= 0.3 is 0 Å². The van der Waals surface area contributed by atoms with Crippen LogP contribution >= 0.6 is 0 Å². The highest BCUT2D eigenvalue weighted by atomic mass is 32.2. The Morgan fingerprint density at radius 1 is 1.46 bits per heavy atom. The molecule has 2 nitrogen and oxygen atoms in total. The van der Waals surface area contributed by atoms with Crippen LogP contribution in [0.5, 0.6) is 0 Å². The topological polar surface area (TPSA) is 29.1 Å². The van der Waals surface area contributed by atoms with Gasteiger partial charge in [0.1, 0.15) is 0 Å². The van der Waals surface area contributed by atoms with Crippen LogP contribution < -0.4 is 5.32 Å². The second kappa shape index (κ2) is 5.76. The molecule has 0 amide bonds. The fourth-order valence-corrected chi connectivity index (χ4v) is 2.44. The highest BCUT2D eigenvalue weighted by molar-refractivity contribution is 7.84. The highest BCUT2D eigenvalue weighted by Gasteiger charge is 2.22. The van der Waals surface area contributed by atoms with Gasteiger partial charge in [0.25, 0.3) is 0 Å². The van der Waals surface area contributed by atoms with Gasteiger partial charge in [-0.25, -0.2) is 0 Å². The van der Waals surface area contributed by atoms with Crippen molar-refractivity contribution in [3.8, 4) is 0 Å². The molecule has 3 heteroatoms. The lowest BCUT2D eigenvalue weighted by Gasteiger charge is -2.11. The Balaban J connectivity index is 2.07. The molecule has 1 aliphatic rings. The van der Waals surface area contributed by atoms with E-state index in [1.165, 1.54) is 25.7 Å². The average Bonchev–Trinajstić information content (AvgIpc) is 2.52. The van der Waals surface area contributed by atoms with E-state index in [0.717, 1.165) is 18.2 Å². The van der Waals surface area contributed by atoms with Crippen LogP contribution in [0.4, 0.5) is 0 Å². The Hall–Kier alpha value is 0.110. The van der Waals surface area contributed by atoms with Gasteiger partial charge in [-0.2, -0.15) is 0 Å². The number of hydrogen-bond donors (Lipinski definition) is 1. The molecule has 13 heavy (non-hydrogen) atoms. The SMILES string of the molecule is CCC1CCC(NCCS(C)=O)C1. The summed E-state index contributed by atoms with van der Waals surface area (Å²) in [6.45, 7) is 3.19. The van der Waals surface area contributed by atoms with E-state index in [4.69, 9.17) is 0 Å². The first-order valence-electron chi connectivity index (χ1n) is 5.25. The summed E-state index contributed by atoms with van der Waals surface area (Å²) in [6, 6.07) is 0.702. The first-order chi connectivity index (χ1) is 6.22. The van der Waals surface area contributed by atoms with Crippen molar-refractivity contribution in [1.82, 2.24) is 5.32 Å². The van der Waals surface area contributed by atoms with Crippen molar-refractivity contribution >= 4 is 10.8 Å². The fourth-order valence-electron chi connectivity index (χ4n) is 2.04. The molecule has 0 aromatic carbocycles.